The molecule has 0 aliphatic carbocycles. The average Bonchev–Trinajstić information content (AvgIpc) is 3.00. The zero-order valence-electron chi connectivity index (χ0n) is 24.8. The molecule has 3 atom stereocenters. The van der Waals surface area contributed by atoms with Crippen LogP contribution in [0.15, 0.2) is 78.9 Å². The summed E-state index contributed by atoms with van der Waals surface area (Å²) >= 11 is 0. The second-order valence-electron chi connectivity index (χ2n) is 10.8. The van der Waals surface area contributed by atoms with Crippen LogP contribution in [0.25, 0.3) is 0 Å². The van der Waals surface area contributed by atoms with Gasteiger partial charge in [0.2, 0.25) is 17.7 Å². The van der Waals surface area contributed by atoms with Crippen LogP contribution in [0.3, 0.4) is 0 Å². The van der Waals surface area contributed by atoms with Gasteiger partial charge < -0.3 is 41.7 Å². The summed E-state index contributed by atoms with van der Waals surface area (Å²) in [5.74, 6) is -2.88. The number of primary amides is 1. The van der Waals surface area contributed by atoms with Crippen LogP contribution >= 0.6 is 15.2 Å². The fourth-order valence-corrected chi connectivity index (χ4v) is 5.41. The van der Waals surface area contributed by atoms with E-state index >= 15 is 0 Å². The lowest BCUT2D eigenvalue weighted by atomic mass is 10.0. The minimum Gasteiger partial charge on any atom is -0.368 e. The molecule has 0 aromatic heterocycles. The van der Waals surface area contributed by atoms with Gasteiger partial charge in [0.25, 0.3) is 0 Å². The third kappa shape index (κ3) is 9.57. The molecule has 48 heavy (non-hydrogen) atoms. The van der Waals surface area contributed by atoms with Gasteiger partial charge >= 0.3 is 26.5 Å². The fourth-order valence-electron chi connectivity index (χ4n) is 4.43. The number of hydrogen-bond donors (Lipinski definition) is 8. The third-order valence-electron chi connectivity index (χ3n) is 7.14. The lowest BCUT2D eigenvalue weighted by Crippen LogP contribution is -2.56. The Hall–Kier alpha value is -3.95. The van der Waals surface area contributed by atoms with E-state index in [0.717, 1.165) is 48.5 Å². The van der Waals surface area contributed by atoms with Crippen molar-refractivity contribution < 1.29 is 60.6 Å². The van der Waals surface area contributed by atoms with Crippen LogP contribution in [0.5, 0.6) is 0 Å². The first-order chi connectivity index (χ1) is 22.1. The van der Waals surface area contributed by atoms with E-state index in [2.05, 4.69) is 10.6 Å². The van der Waals surface area contributed by atoms with Crippen LogP contribution in [-0.4, -0.2) is 55.4 Å². The lowest BCUT2D eigenvalue weighted by molar-refractivity contribution is -0.131. The van der Waals surface area contributed by atoms with E-state index in [0.29, 0.717) is 5.56 Å². The Morgan fingerprint density at radius 3 is 1.40 bits per heavy atom. The van der Waals surface area contributed by atoms with E-state index in [1.54, 1.807) is 30.3 Å². The molecule has 3 aromatic rings. The maximum Gasteiger partial charge on any atom is 0.399 e. The molecular weight excluding hydrogens is 686 g/mol. The van der Waals surface area contributed by atoms with Crippen molar-refractivity contribution in [3.05, 3.63) is 107 Å². The van der Waals surface area contributed by atoms with E-state index in [1.807, 2.05) is 0 Å². The molecule has 0 heterocycles. The molecule has 13 nitrogen and oxygen atoms in total. The number of carbonyl (C=O) groups is 3. The quantitative estimate of drug-likeness (QED) is 0.0839. The normalized spacial score (nSPS) is 14.4. The van der Waals surface area contributed by atoms with Gasteiger partial charge in [-0.25, -0.2) is 0 Å². The maximum absolute atomic E-state index is 14.1. The molecule has 3 aromatic carbocycles. The molecule has 260 valence electrons. The van der Waals surface area contributed by atoms with Crippen LogP contribution < -0.4 is 22.1 Å². The van der Waals surface area contributed by atoms with Gasteiger partial charge in [-0.15, -0.1) is 0 Å². The van der Waals surface area contributed by atoms with E-state index in [1.165, 1.54) is 0 Å². The molecule has 3 rings (SSSR count). The molecule has 0 saturated carbocycles. The number of halogens is 4. The highest BCUT2D eigenvalue weighted by Crippen LogP contribution is 2.60. The Labute approximate surface area is 271 Å². The molecule has 3 amide bonds. The summed E-state index contributed by atoms with van der Waals surface area (Å²) in [7, 11) is -11.7. The number of nitrogens with two attached hydrogens (primary N) is 2. The zero-order valence-corrected chi connectivity index (χ0v) is 26.5. The largest absolute Gasteiger partial charge is 0.399 e. The van der Waals surface area contributed by atoms with E-state index in [-0.39, 0.29) is 30.4 Å². The van der Waals surface area contributed by atoms with Gasteiger partial charge in [0.1, 0.15) is 12.1 Å². The van der Waals surface area contributed by atoms with Crippen molar-refractivity contribution >= 4 is 32.9 Å². The predicted octanol–water partition coefficient (Wildman–Crippen LogP) is 1.95. The molecule has 19 heteroatoms. The molecule has 0 fully saturated rings. The van der Waals surface area contributed by atoms with Gasteiger partial charge in [0.05, 0.1) is 6.04 Å². The average molecular weight is 719 g/mol. The molecule has 0 aliphatic heterocycles. The molecular formula is C29H32F4N4O9P2. The Kier molecular flexibility index (Phi) is 12.1. The fraction of sp³-hybridized carbons (Fsp3) is 0.276. The third-order valence-corrected chi connectivity index (χ3v) is 9.12. The number of rotatable bonds is 15. The van der Waals surface area contributed by atoms with Crippen molar-refractivity contribution in [1.82, 2.24) is 10.6 Å². The number of amides is 3. The molecule has 3 unspecified atom stereocenters. The molecule has 0 saturated heterocycles. The maximum atomic E-state index is 14.1. The lowest BCUT2D eigenvalue weighted by Gasteiger charge is -2.24. The summed E-state index contributed by atoms with van der Waals surface area (Å²) in [6.45, 7) is 0. The topological polar surface area (TPSA) is 242 Å². The number of carbonyl (C=O) groups excluding carboxylic acids is 3. The summed E-state index contributed by atoms with van der Waals surface area (Å²) in [5, 5.41) is 4.78. The second kappa shape index (κ2) is 15.1. The monoisotopic (exact) mass is 718 g/mol. The number of alkyl halides is 4. The molecule has 0 bridgehead atoms. The Balaban J connectivity index is 1.84. The first-order valence-electron chi connectivity index (χ1n) is 13.9. The highest BCUT2D eigenvalue weighted by atomic mass is 31.2. The zero-order chi connectivity index (χ0) is 36.1. The second-order valence-corrected chi connectivity index (χ2v) is 14.1. The van der Waals surface area contributed by atoms with Gasteiger partial charge in [0.15, 0.2) is 0 Å². The van der Waals surface area contributed by atoms with Crippen molar-refractivity contribution in [2.24, 2.45) is 11.5 Å². The first-order valence-corrected chi connectivity index (χ1v) is 17.1. The van der Waals surface area contributed by atoms with Gasteiger partial charge in [0, 0.05) is 24.0 Å². The minimum absolute atomic E-state index is 0.0636. The highest BCUT2D eigenvalue weighted by molar-refractivity contribution is 7.52. The van der Waals surface area contributed by atoms with E-state index in [4.69, 9.17) is 31.0 Å². The van der Waals surface area contributed by atoms with Crippen molar-refractivity contribution in [3.8, 4) is 0 Å². The Morgan fingerprint density at radius 2 is 1.00 bits per heavy atom. The number of nitrogens with one attached hydrogen (secondary N) is 2. The minimum atomic E-state index is -5.87. The van der Waals surface area contributed by atoms with Gasteiger partial charge in [-0.05, 0) is 23.1 Å². The Morgan fingerprint density at radius 1 is 0.625 bits per heavy atom. The Bertz CT molecular complexity index is 1700. The van der Waals surface area contributed by atoms with Crippen molar-refractivity contribution in [1.29, 1.82) is 0 Å². The molecule has 0 spiro atoms. The summed E-state index contributed by atoms with van der Waals surface area (Å²) in [6, 6.07) is 11.6. The SMILES string of the molecule is NC(=O)C(Cc1ccc(C(F)(F)P(=O)(O)O)cc1)NC(=O)C(Cc1ccc(C(F)(F)P(=O)(O)O)cc1)NC(=O)C(N)Cc1ccccc1. The van der Waals surface area contributed by atoms with Crippen LogP contribution in [-0.2, 0) is 54.1 Å². The van der Waals surface area contributed by atoms with Crippen LogP contribution in [0.1, 0.15) is 27.8 Å². The number of hydrogen-bond acceptors (Lipinski definition) is 6. The summed E-state index contributed by atoms with van der Waals surface area (Å²) < 4.78 is 78.8. The summed E-state index contributed by atoms with van der Waals surface area (Å²) in [6.07, 6.45) is -0.688. The summed E-state index contributed by atoms with van der Waals surface area (Å²) in [4.78, 5) is 74.6. The van der Waals surface area contributed by atoms with Crippen molar-refractivity contribution in [2.45, 2.75) is 48.7 Å². The first kappa shape index (κ1) is 38.5. The smallest absolute Gasteiger partial charge is 0.368 e. The molecule has 0 radical (unpaired) electrons. The van der Waals surface area contributed by atoms with Crippen LogP contribution in [0.2, 0.25) is 0 Å². The van der Waals surface area contributed by atoms with Crippen molar-refractivity contribution in [3.63, 3.8) is 0 Å². The summed E-state index contributed by atoms with van der Waals surface area (Å²) in [5.41, 5.74) is 1.49. The highest BCUT2D eigenvalue weighted by Gasteiger charge is 2.51. The van der Waals surface area contributed by atoms with Gasteiger partial charge in [-0.1, -0.05) is 78.9 Å². The number of benzene rings is 3. The van der Waals surface area contributed by atoms with Gasteiger partial charge in [-0.3, -0.25) is 23.5 Å². The van der Waals surface area contributed by atoms with E-state index in [9.17, 15) is 41.1 Å². The predicted molar refractivity (Wildman–Crippen MR) is 163 cm³/mol. The van der Waals surface area contributed by atoms with Gasteiger partial charge in [-0.2, -0.15) is 17.6 Å². The van der Waals surface area contributed by atoms with Crippen LogP contribution in [0.4, 0.5) is 17.6 Å². The standard InChI is InChI=1S/C29H32F4N4O9P2/c30-28(31,47(41,42)43)20-10-6-18(7-11-20)15-23(25(35)38)36-27(40)24(37-26(39)22(34)14-17-4-2-1-3-5-17)16-19-8-12-21(13-9-19)29(32,33)48(44,45)46/h1-13,22-24H,14-16,34H2,(H2,35,38)(H,36,40)(H,37,39)(H2,41,42,43)(H2,44,45,46). The van der Waals surface area contributed by atoms with Crippen LogP contribution in [0, 0.1) is 0 Å². The molecule has 0 aliphatic rings. The van der Waals surface area contributed by atoms with Crippen molar-refractivity contribution in [2.75, 3.05) is 0 Å². The molecule has 10 N–H and O–H groups in total. The van der Waals surface area contributed by atoms with E-state index < -0.39 is 73.5 Å².